The predicted molar refractivity (Wildman–Crippen MR) is 74.2 cm³/mol. The molecule has 1 aliphatic rings. The van der Waals surface area contributed by atoms with Crippen LogP contribution < -0.4 is 0 Å². The molecule has 100 valence electrons. The number of likely N-dealkylation sites (tertiary alicyclic amines) is 1. The van der Waals surface area contributed by atoms with E-state index in [1.165, 1.54) is 5.56 Å². The molecule has 1 fully saturated rings. The molecular formula is C14H20ClNO2. The first-order valence-corrected chi connectivity index (χ1v) is 6.28. The first-order chi connectivity index (χ1) is 8.27. The maximum atomic E-state index is 11.0. The summed E-state index contributed by atoms with van der Waals surface area (Å²) in [5, 5.41) is 9.06. The van der Waals surface area contributed by atoms with Crippen LogP contribution in [0, 0.1) is 0 Å². The molecule has 0 radical (unpaired) electrons. The summed E-state index contributed by atoms with van der Waals surface area (Å²) >= 11 is 0. The second-order valence-corrected chi connectivity index (χ2v) is 4.62. The molecule has 0 saturated carbocycles. The van der Waals surface area contributed by atoms with Crippen molar-refractivity contribution >= 4 is 18.4 Å². The molecule has 4 heteroatoms. The molecule has 1 N–H and O–H groups in total. The van der Waals surface area contributed by atoms with Crippen molar-refractivity contribution in [3.8, 4) is 0 Å². The Bertz CT molecular complexity index is 369. The Balaban J connectivity index is 0.00000162. The van der Waals surface area contributed by atoms with Gasteiger partial charge >= 0.3 is 5.97 Å². The lowest BCUT2D eigenvalue weighted by Crippen LogP contribution is -2.36. The van der Waals surface area contributed by atoms with Gasteiger partial charge in [-0.15, -0.1) is 12.4 Å². The van der Waals surface area contributed by atoms with Crippen LogP contribution in [0.1, 0.15) is 24.8 Å². The highest BCUT2D eigenvalue weighted by Gasteiger charge is 2.29. The van der Waals surface area contributed by atoms with E-state index in [0.717, 1.165) is 38.8 Å². The van der Waals surface area contributed by atoms with E-state index >= 15 is 0 Å². The standard InChI is InChI=1S/C14H19NO2.ClH/c16-14(17)13-9-5-11-15(13)10-4-8-12-6-2-1-3-7-12;/h1-3,6-7,13H,4-5,8-11H2,(H,16,17);1H/t13-;/m0./s1. The summed E-state index contributed by atoms with van der Waals surface area (Å²) in [6, 6.07) is 10.1. The van der Waals surface area contributed by atoms with Crippen molar-refractivity contribution < 1.29 is 9.90 Å². The smallest absolute Gasteiger partial charge is 0.320 e. The van der Waals surface area contributed by atoms with E-state index < -0.39 is 5.97 Å². The van der Waals surface area contributed by atoms with E-state index in [4.69, 9.17) is 5.11 Å². The molecule has 0 amide bonds. The number of rotatable bonds is 5. The number of hydrogen-bond acceptors (Lipinski definition) is 2. The van der Waals surface area contributed by atoms with Crippen molar-refractivity contribution in [2.45, 2.75) is 31.7 Å². The summed E-state index contributed by atoms with van der Waals surface area (Å²) in [7, 11) is 0. The summed E-state index contributed by atoms with van der Waals surface area (Å²) < 4.78 is 0. The van der Waals surface area contributed by atoms with Gasteiger partial charge in [0.1, 0.15) is 6.04 Å². The summed E-state index contributed by atoms with van der Waals surface area (Å²) in [6.07, 6.45) is 3.89. The Morgan fingerprint density at radius 3 is 2.72 bits per heavy atom. The van der Waals surface area contributed by atoms with Gasteiger partial charge in [-0.25, -0.2) is 0 Å². The Kier molecular flexibility index (Phi) is 6.16. The van der Waals surface area contributed by atoms with Gasteiger partial charge in [-0.05, 0) is 44.3 Å². The normalized spacial score (nSPS) is 19.4. The maximum Gasteiger partial charge on any atom is 0.320 e. The number of carbonyl (C=O) groups is 1. The highest BCUT2D eigenvalue weighted by molar-refractivity contribution is 5.85. The van der Waals surface area contributed by atoms with Gasteiger partial charge in [-0.2, -0.15) is 0 Å². The van der Waals surface area contributed by atoms with Gasteiger partial charge in [0.15, 0.2) is 0 Å². The third kappa shape index (κ3) is 4.00. The van der Waals surface area contributed by atoms with Crippen LogP contribution in [0.15, 0.2) is 30.3 Å². The van der Waals surface area contributed by atoms with Crippen molar-refractivity contribution in [3.05, 3.63) is 35.9 Å². The summed E-state index contributed by atoms with van der Waals surface area (Å²) in [5.74, 6) is -0.665. The lowest BCUT2D eigenvalue weighted by Gasteiger charge is -2.20. The molecule has 1 saturated heterocycles. The van der Waals surface area contributed by atoms with Gasteiger partial charge in [0.25, 0.3) is 0 Å². The fourth-order valence-electron chi connectivity index (χ4n) is 2.50. The van der Waals surface area contributed by atoms with Crippen LogP contribution >= 0.6 is 12.4 Å². The van der Waals surface area contributed by atoms with Crippen LogP contribution in [0.2, 0.25) is 0 Å². The monoisotopic (exact) mass is 269 g/mol. The molecule has 0 aliphatic carbocycles. The average Bonchev–Trinajstić information content (AvgIpc) is 2.79. The molecule has 1 aromatic carbocycles. The average molecular weight is 270 g/mol. The SMILES string of the molecule is Cl.O=C(O)[C@@H]1CCCN1CCCc1ccccc1. The largest absolute Gasteiger partial charge is 0.480 e. The Morgan fingerprint density at radius 2 is 2.06 bits per heavy atom. The third-order valence-electron chi connectivity index (χ3n) is 3.40. The third-order valence-corrected chi connectivity index (χ3v) is 3.40. The summed E-state index contributed by atoms with van der Waals surface area (Å²) in [5.41, 5.74) is 1.33. The van der Waals surface area contributed by atoms with Crippen LogP contribution in [-0.2, 0) is 11.2 Å². The Morgan fingerprint density at radius 1 is 1.33 bits per heavy atom. The number of aryl methyl sites for hydroxylation is 1. The minimum absolute atomic E-state index is 0. The number of benzene rings is 1. The lowest BCUT2D eigenvalue weighted by atomic mass is 10.1. The van der Waals surface area contributed by atoms with Gasteiger partial charge in [-0.3, -0.25) is 9.69 Å². The van der Waals surface area contributed by atoms with Crippen molar-refractivity contribution in [1.82, 2.24) is 4.90 Å². The van der Waals surface area contributed by atoms with Crippen molar-refractivity contribution in [2.24, 2.45) is 0 Å². The van der Waals surface area contributed by atoms with E-state index in [-0.39, 0.29) is 18.4 Å². The zero-order valence-corrected chi connectivity index (χ0v) is 11.2. The Labute approximate surface area is 114 Å². The lowest BCUT2D eigenvalue weighted by molar-refractivity contribution is -0.142. The number of hydrogen-bond donors (Lipinski definition) is 1. The molecule has 18 heavy (non-hydrogen) atoms. The molecule has 2 rings (SSSR count). The number of carboxylic acids is 1. The molecular weight excluding hydrogens is 250 g/mol. The van der Waals surface area contributed by atoms with Crippen molar-refractivity contribution in [3.63, 3.8) is 0 Å². The molecule has 1 aromatic rings. The zero-order valence-electron chi connectivity index (χ0n) is 10.4. The molecule has 1 heterocycles. The minimum atomic E-state index is -0.665. The number of carboxylic acid groups (broad SMARTS) is 1. The second kappa shape index (κ2) is 7.39. The van der Waals surface area contributed by atoms with E-state index in [1.807, 2.05) is 18.2 Å². The van der Waals surface area contributed by atoms with Crippen molar-refractivity contribution in [2.75, 3.05) is 13.1 Å². The van der Waals surface area contributed by atoms with Crippen LogP contribution in [0.25, 0.3) is 0 Å². The van der Waals surface area contributed by atoms with Gasteiger partial charge < -0.3 is 5.11 Å². The minimum Gasteiger partial charge on any atom is -0.480 e. The number of nitrogens with zero attached hydrogens (tertiary/aromatic N) is 1. The van der Waals surface area contributed by atoms with Gasteiger partial charge in [0.05, 0.1) is 0 Å². The zero-order chi connectivity index (χ0) is 12.1. The van der Waals surface area contributed by atoms with Gasteiger partial charge in [-0.1, -0.05) is 30.3 Å². The molecule has 1 atom stereocenters. The molecule has 0 bridgehead atoms. The van der Waals surface area contributed by atoms with E-state index in [2.05, 4.69) is 17.0 Å². The number of halogens is 1. The second-order valence-electron chi connectivity index (χ2n) is 4.62. The predicted octanol–water partition coefficient (Wildman–Crippen LogP) is 2.59. The number of aliphatic carboxylic acids is 1. The molecule has 0 unspecified atom stereocenters. The molecule has 1 aliphatic heterocycles. The molecule has 0 spiro atoms. The van der Waals surface area contributed by atoms with Crippen LogP contribution in [-0.4, -0.2) is 35.1 Å². The topological polar surface area (TPSA) is 40.5 Å². The fourth-order valence-corrected chi connectivity index (χ4v) is 2.50. The van der Waals surface area contributed by atoms with Gasteiger partial charge in [0.2, 0.25) is 0 Å². The van der Waals surface area contributed by atoms with Crippen molar-refractivity contribution in [1.29, 1.82) is 0 Å². The summed E-state index contributed by atoms with van der Waals surface area (Å²) in [6.45, 7) is 1.83. The highest BCUT2D eigenvalue weighted by atomic mass is 35.5. The van der Waals surface area contributed by atoms with Crippen LogP contribution in [0.5, 0.6) is 0 Å². The van der Waals surface area contributed by atoms with E-state index in [9.17, 15) is 4.79 Å². The van der Waals surface area contributed by atoms with Crippen LogP contribution in [0.3, 0.4) is 0 Å². The van der Waals surface area contributed by atoms with Gasteiger partial charge in [0, 0.05) is 0 Å². The van der Waals surface area contributed by atoms with E-state index in [0.29, 0.717) is 0 Å². The summed E-state index contributed by atoms with van der Waals surface area (Å²) in [4.78, 5) is 13.1. The first kappa shape index (κ1) is 15.0. The first-order valence-electron chi connectivity index (χ1n) is 6.28. The highest BCUT2D eigenvalue weighted by Crippen LogP contribution is 2.18. The molecule has 0 aromatic heterocycles. The fraction of sp³-hybridized carbons (Fsp3) is 0.500. The molecule has 3 nitrogen and oxygen atoms in total. The quantitative estimate of drug-likeness (QED) is 0.893. The van der Waals surface area contributed by atoms with E-state index in [1.54, 1.807) is 0 Å². The maximum absolute atomic E-state index is 11.0. The Hall–Kier alpha value is -1.06. The van der Waals surface area contributed by atoms with Crippen LogP contribution in [0.4, 0.5) is 0 Å².